The Kier molecular flexibility index (Phi) is 4.61. The fourth-order valence-electron chi connectivity index (χ4n) is 2.93. The zero-order chi connectivity index (χ0) is 17.2. The molecule has 3 rings (SSSR count). The van der Waals surface area contributed by atoms with Crippen molar-refractivity contribution in [1.82, 2.24) is 9.05 Å². The van der Waals surface area contributed by atoms with Gasteiger partial charge in [0, 0.05) is 18.6 Å². The van der Waals surface area contributed by atoms with Crippen LogP contribution in [0.3, 0.4) is 0 Å². The number of benzene rings is 1. The molecule has 0 saturated carbocycles. The molecule has 0 radical (unpaired) electrons. The van der Waals surface area contributed by atoms with E-state index in [4.69, 9.17) is 10.5 Å². The first-order valence-electron chi connectivity index (χ1n) is 7.55. The molecule has 2 unspecified atom stereocenters. The first-order chi connectivity index (χ1) is 11.6. The minimum Gasteiger partial charge on any atom is -0.369 e. The van der Waals surface area contributed by atoms with Gasteiger partial charge in [0.25, 0.3) is 5.91 Å². The van der Waals surface area contributed by atoms with E-state index in [9.17, 15) is 9.59 Å². The standard InChI is InChI=1S/C16H18N4O3S/c1-19-7-10-24-15(19)18-16(22)20(12-5-3-2-4-6-12)8-9-23-11-13(20)14(17)21/h2-7,10,13H,8-9,11H2,1H3,(H-,17,21)/p+1. The molecule has 2 N–H and O–H groups in total. The second-order valence-electron chi connectivity index (χ2n) is 5.61. The zero-order valence-corrected chi connectivity index (χ0v) is 14.1. The van der Waals surface area contributed by atoms with Crippen LogP contribution in [0.4, 0.5) is 10.5 Å². The number of rotatable bonds is 2. The number of aromatic nitrogens is 1. The van der Waals surface area contributed by atoms with Crippen molar-refractivity contribution in [3.63, 3.8) is 0 Å². The van der Waals surface area contributed by atoms with Gasteiger partial charge in [0.1, 0.15) is 18.8 Å². The molecule has 2 heterocycles. The molecule has 24 heavy (non-hydrogen) atoms. The monoisotopic (exact) mass is 347 g/mol. The van der Waals surface area contributed by atoms with Crippen LogP contribution in [0.15, 0.2) is 46.9 Å². The molecule has 0 aliphatic carbocycles. The van der Waals surface area contributed by atoms with Gasteiger partial charge in [-0.1, -0.05) is 18.2 Å². The minimum absolute atomic E-state index is 0.0993. The third kappa shape index (κ3) is 2.79. The number of primary amides is 1. The van der Waals surface area contributed by atoms with Crippen molar-refractivity contribution in [3.05, 3.63) is 46.7 Å². The molecule has 1 saturated heterocycles. The van der Waals surface area contributed by atoms with Crippen molar-refractivity contribution in [2.24, 2.45) is 17.8 Å². The highest BCUT2D eigenvalue weighted by Crippen LogP contribution is 2.30. The van der Waals surface area contributed by atoms with E-state index in [0.29, 0.717) is 23.6 Å². The number of carbonyl (C=O) groups excluding carboxylic acids is 2. The smallest absolute Gasteiger partial charge is 0.369 e. The van der Waals surface area contributed by atoms with Crippen molar-refractivity contribution in [2.75, 3.05) is 19.8 Å². The van der Waals surface area contributed by atoms with E-state index in [2.05, 4.69) is 4.99 Å². The maximum absolute atomic E-state index is 13.2. The largest absolute Gasteiger partial charge is 0.451 e. The van der Waals surface area contributed by atoms with Crippen LogP contribution >= 0.6 is 11.3 Å². The molecule has 2 aromatic rings. The van der Waals surface area contributed by atoms with Crippen molar-refractivity contribution >= 4 is 29.0 Å². The molecule has 7 nitrogen and oxygen atoms in total. The fourth-order valence-corrected chi connectivity index (χ4v) is 3.66. The number of urea groups is 1. The molecule has 126 valence electrons. The number of carbonyl (C=O) groups is 2. The Morgan fingerprint density at radius 2 is 2.12 bits per heavy atom. The molecule has 1 aliphatic rings. The topological polar surface area (TPSA) is 86.7 Å². The van der Waals surface area contributed by atoms with Gasteiger partial charge in [-0.25, -0.2) is 4.79 Å². The van der Waals surface area contributed by atoms with E-state index < -0.39 is 18.0 Å². The molecular formula is C16H19N4O3S+. The number of morpholine rings is 1. The lowest BCUT2D eigenvalue weighted by Gasteiger charge is -2.41. The molecule has 3 amide bonds. The molecule has 8 heteroatoms. The lowest BCUT2D eigenvalue weighted by Crippen LogP contribution is -2.69. The van der Waals surface area contributed by atoms with Crippen LogP contribution in [-0.4, -0.2) is 42.3 Å². The number of hydrogen-bond donors (Lipinski definition) is 1. The van der Waals surface area contributed by atoms with E-state index in [-0.39, 0.29) is 11.1 Å². The van der Waals surface area contributed by atoms with E-state index in [1.165, 1.54) is 11.3 Å². The van der Waals surface area contributed by atoms with E-state index in [1.807, 2.05) is 49.0 Å². The maximum Gasteiger partial charge on any atom is 0.451 e. The summed E-state index contributed by atoms with van der Waals surface area (Å²) in [6.07, 6.45) is 1.83. The van der Waals surface area contributed by atoms with Crippen molar-refractivity contribution in [1.29, 1.82) is 0 Å². The average Bonchev–Trinajstić information content (AvgIpc) is 3.00. The highest BCUT2D eigenvalue weighted by Gasteiger charge is 2.52. The first kappa shape index (κ1) is 16.6. The van der Waals surface area contributed by atoms with Crippen LogP contribution < -0.4 is 15.0 Å². The Hall–Kier alpha value is -2.29. The predicted molar refractivity (Wildman–Crippen MR) is 91.2 cm³/mol. The highest BCUT2D eigenvalue weighted by molar-refractivity contribution is 7.07. The summed E-state index contributed by atoms with van der Waals surface area (Å²) in [5.41, 5.74) is 6.28. The maximum atomic E-state index is 13.2. The number of thiazole rings is 1. The van der Waals surface area contributed by atoms with Gasteiger partial charge in [-0.05, 0) is 12.1 Å². The lowest BCUT2D eigenvalue weighted by atomic mass is 10.1. The van der Waals surface area contributed by atoms with Crippen LogP contribution in [-0.2, 0) is 16.6 Å². The fraction of sp³-hybridized carbons (Fsp3) is 0.312. The Morgan fingerprint density at radius 3 is 2.75 bits per heavy atom. The van der Waals surface area contributed by atoms with Crippen LogP contribution in [0, 0.1) is 0 Å². The summed E-state index contributed by atoms with van der Waals surface area (Å²) in [7, 11) is 1.82. The number of nitrogens with zero attached hydrogens (tertiary/aromatic N) is 3. The lowest BCUT2D eigenvalue weighted by molar-refractivity contribution is -0.126. The number of nitrogens with two attached hydrogens (primary N) is 1. The Labute approximate surface area is 143 Å². The zero-order valence-electron chi connectivity index (χ0n) is 13.3. The summed E-state index contributed by atoms with van der Waals surface area (Å²) in [5, 5.41) is 1.85. The van der Waals surface area contributed by atoms with E-state index in [1.54, 1.807) is 4.57 Å². The minimum atomic E-state index is -0.803. The summed E-state index contributed by atoms with van der Waals surface area (Å²) in [6, 6.07) is 7.96. The average molecular weight is 347 g/mol. The number of amides is 3. The van der Waals surface area contributed by atoms with E-state index in [0.717, 1.165) is 0 Å². The number of hydrogen-bond acceptors (Lipinski definition) is 4. The molecule has 1 aromatic carbocycles. The normalized spacial score (nSPS) is 24.7. The number of aryl methyl sites for hydroxylation is 1. The molecule has 0 bridgehead atoms. The van der Waals surface area contributed by atoms with Crippen LogP contribution in [0.2, 0.25) is 0 Å². The number of quaternary nitrogens is 1. The number of ether oxygens (including phenoxy) is 1. The Balaban J connectivity index is 2.17. The van der Waals surface area contributed by atoms with Gasteiger partial charge in [-0.3, -0.25) is 4.79 Å². The van der Waals surface area contributed by atoms with Crippen molar-refractivity contribution in [2.45, 2.75) is 6.04 Å². The molecular weight excluding hydrogens is 328 g/mol. The molecule has 1 fully saturated rings. The summed E-state index contributed by atoms with van der Waals surface area (Å²) in [4.78, 5) is 30.1. The second kappa shape index (κ2) is 6.68. The summed E-state index contributed by atoms with van der Waals surface area (Å²) in [5.74, 6) is -0.572. The summed E-state index contributed by atoms with van der Waals surface area (Å²) >= 11 is 1.36. The predicted octanol–water partition coefficient (Wildman–Crippen LogP) is 0.999. The molecule has 1 aromatic heterocycles. The summed E-state index contributed by atoms with van der Waals surface area (Å²) in [6.45, 7) is 0.771. The third-order valence-corrected chi connectivity index (χ3v) is 5.08. The first-order valence-corrected chi connectivity index (χ1v) is 8.43. The van der Waals surface area contributed by atoms with Crippen LogP contribution in [0.5, 0.6) is 0 Å². The third-order valence-electron chi connectivity index (χ3n) is 4.23. The SMILES string of the molecule is Cn1ccsc1=NC(=O)[N+]1(c2ccccc2)CCOCC1C(N)=O. The number of para-hydroxylation sites is 1. The van der Waals surface area contributed by atoms with Gasteiger partial charge in [0.2, 0.25) is 6.04 Å². The van der Waals surface area contributed by atoms with Crippen molar-refractivity contribution < 1.29 is 14.3 Å². The molecule has 0 spiro atoms. The summed E-state index contributed by atoms with van der Waals surface area (Å²) < 4.78 is 6.94. The van der Waals surface area contributed by atoms with Gasteiger partial charge in [0.15, 0.2) is 4.80 Å². The Morgan fingerprint density at radius 1 is 1.38 bits per heavy atom. The van der Waals surface area contributed by atoms with Gasteiger partial charge >= 0.3 is 6.03 Å². The van der Waals surface area contributed by atoms with Gasteiger partial charge in [-0.15, -0.1) is 16.3 Å². The van der Waals surface area contributed by atoms with Crippen molar-refractivity contribution in [3.8, 4) is 0 Å². The van der Waals surface area contributed by atoms with Crippen LogP contribution in [0.1, 0.15) is 0 Å². The van der Waals surface area contributed by atoms with Gasteiger partial charge < -0.3 is 15.0 Å². The second-order valence-corrected chi connectivity index (χ2v) is 6.48. The van der Waals surface area contributed by atoms with E-state index >= 15 is 0 Å². The molecule has 1 aliphatic heterocycles. The quantitative estimate of drug-likeness (QED) is 0.822. The van der Waals surface area contributed by atoms with Crippen LogP contribution in [0.25, 0.3) is 0 Å². The highest BCUT2D eigenvalue weighted by atomic mass is 32.1. The van der Waals surface area contributed by atoms with Gasteiger partial charge in [-0.2, -0.15) is 4.48 Å². The van der Waals surface area contributed by atoms with Gasteiger partial charge in [0.05, 0.1) is 6.61 Å². The molecule has 2 atom stereocenters. The Bertz CT molecular complexity index is 814.